The van der Waals surface area contributed by atoms with E-state index >= 15 is 0 Å². The molecule has 0 spiro atoms. The Kier molecular flexibility index (Phi) is 4.21. The Balaban J connectivity index is 1.50. The number of alkyl halides is 1. The van der Waals surface area contributed by atoms with Crippen LogP contribution in [0.2, 0.25) is 0 Å². The third-order valence-electron chi connectivity index (χ3n) is 5.75. The van der Waals surface area contributed by atoms with Crippen LogP contribution in [0, 0.1) is 0 Å². The normalized spacial score (nSPS) is 27.2. The van der Waals surface area contributed by atoms with E-state index in [-0.39, 0.29) is 24.4 Å². The van der Waals surface area contributed by atoms with E-state index in [0.29, 0.717) is 13.0 Å². The Hall–Kier alpha value is -1.70. The number of imidazole rings is 1. The van der Waals surface area contributed by atoms with Crippen molar-refractivity contribution in [2.75, 3.05) is 6.54 Å². The topological polar surface area (TPSA) is 59.2 Å². The zero-order valence-corrected chi connectivity index (χ0v) is 15.7. The van der Waals surface area contributed by atoms with Crippen molar-refractivity contribution in [3.05, 3.63) is 36.3 Å². The Morgan fingerprint density at radius 3 is 2.35 bits per heavy atom. The highest BCUT2D eigenvalue weighted by molar-refractivity contribution is 6.62. The maximum atomic E-state index is 13.4. The number of rotatable bonds is 3. The fraction of sp³-hybridized carbons (Fsp3) is 0.526. The molecule has 2 aromatic rings. The zero-order chi connectivity index (χ0) is 18.5. The molecule has 1 aromatic carbocycles. The molecule has 0 bridgehead atoms. The van der Waals surface area contributed by atoms with E-state index in [1.807, 2.05) is 52.0 Å². The number of aromatic amines is 1. The molecule has 26 heavy (non-hydrogen) atoms. The van der Waals surface area contributed by atoms with Crippen LogP contribution in [0.15, 0.2) is 30.5 Å². The average Bonchev–Trinajstić information content (AvgIpc) is 3.26. The van der Waals surface area contributed by atoms with E-state index in [1.54, 1.807) is 6.20 Å². The van der Waals surface area contributed by atoms with Crippen molar-refractivity contribution in [1.82, 2.24) is 15.3 Å². The zero-order valence-electron chi connectivity index (χ0n) is 15.7. The summed E-state index contributed by atoms with van der Waals surface area (Å²) in [6.07, 6.45) is 1.47. The first-order valence-corrected chi connectivity index (χ1v) is 9.13. The Bertz CT molecular complexity index is 774. The molecule has 138 valence electrons. The van der Waals surface area contributed by atoms with Gasteiger partial charge >= 0.3 is 7.12 Å². The number of nitrogens with zero attached hydrogens (tertiary/aromatic N) is 1. The molecule has 1 aromatic heterocycles. The number of hydrogen-bond acceptors (Lipinski definition) is 4. The summed E-state index contributed by atoms with van der Waals surface area (Å²) in [5, 5.41) is 3.15. The maximum absolute atomic E-state index is 13.4. The lowest BCUT2D eigenvalue weighted by Gasteiger charge is -2.32. The fourth-order valence-corrected chi connectivity index (χ4v) is 3.36. The molecule has 4 rings (SSSR count). The quantitative estimate of drug-likeness (QED) is 0.830. The number of hydrogen-bond donors (Lipinski definition) is 2. The van der Waals surface area contributed by atoms with Crippen LogP contribution in [0.4, 0.5) is 4.39 Å². The minimum atomic E-state index is -0.798. The summed E-state index contributed by atoms with van der Waals surface area (Å²) in [6, 6.07) is 8.05. The molecule has 0 unspecified atom stereocenters. The average molecular weight is 357 g/mol. The first kappa shape index (κ1) is 17.7. The van der Waals surface area contributed by atoms with Crippen LogP contribution in [0.3, 0.4) is 0 Å². The molecule has 2 atom stereocenters. The van der Waals surface area contributed by atoms with Crippen LogP contribution < -0.4 is 10.8 Å². The molecule has 0 amide bonds. The van der Waals surface area contributed by atoms with Gasteiger partial charge in [0.2, 0.25) is 0 Å². The van der Waals surface area contributed by atoms with E-state index in [4.69, 9.17) is 9.31 Å². The predicted octanol–water partition coefficient (Wildman–Crippen LogP) is 2.75. The molecular weight excluding hydrogens is 332 g/mol. The van der Waals surface area contributed by atoms with Crippen molar-refractivity contribution < 1.29 is 13.7 Å². The van der Waals surface area contributed by atoms with E-state index in [0.717, 1.165) is 22.5 Å². The molecule has 0 radical (unpaired) electrons. The molecular formula is C19H25BFN3O2. The Morgan fingerprint density at radius 2 is 1.77 bits per heavy atom. The van der Waals surface area contributed by atoms with Crippen LogP contribution >= 0.6 is 0 Å². The highest BCUT2D eigenvalue weighted by Crippen LogP contribution is 2.36. The van der Waals surface area contributed by atoms with Crippen LogP contribution in [0.1, 0.15) is 46.0 Å². The molecule has 2 N–H and O–H groups in total. The Labute approximate surface area is 153 Å². The summed E-state index contributed by atoms with van der Waals surface area (Å²) in [4.78, 5) is 7.72. The van der Waals surface area contributed by atoms with Crippen molar-refractivity contribution in [2.45, 2.75) is 57.5 Å². The van der Waals surface area contributed by atoms with Crippen molar-refractivity contribution in [3.63, 3.8) is 0 Å². The summed E-state index contributed by atoms with van der Waals surface area (Å²) in [5.74, 6) is 0.787. The third kappa shape index (κ3) is 3.08. The minimum absolute atomic E-state index is 0.0391. The monoisotopic (exact) mass is 357 g/mol. The number of H-pyrrole nitrogens is 1. The number of halogens is 1. The summed E-state index contributed by atoms with van der Waals surface area (Å²) >= 11 is 0. The minimum Gasteiger partial charge on any atom is -0.399 e. The number of aromatic nitrogens is 2. The molecule has 2 aliphatic heterocycles. The van der Waals surface area contributed by atoms with Gasteiger partial charge in [-0.3, -0.25) is 0 Å². The van der Waals surface area contributed by atoms with E-state index in [1.165, 1.54) is 0 Å². The van der Waals surface area contributed by atoms with Gasteiger partial charge in [-0.2, -0.15) is 0 Å². The smallest absolute Gasteiger partial charge is 0.399 e. The SMILES string of the molecule is CC1(C)OB(c2ccc(-c3cnc([C@@H]4C[C@H](F)CN4)[nH]3)cc2)OC1(C)C. The molecule has 0 saturated carbocycles. The maximum Gasteiger partial charge on any atom is 0.494 e. The molecule has 2 aliphatic rings. The summed E-state index contributed by atoms with van der Waals surface area (Å²) < 4.78 is 25.5. The van der Waals surface area contributed by atoms with Gasteiger partial charge in [0.05, 0.1) is 29.1 Å². The lowest BCUT2D eigenvalue weighted by molar-refractivity contribution is 0.00578. The van der Waals surface area contributed by atoms with Gasteiger partial charge in [0, 0.05) is 13.0 Å². The standard InChI is InChI=1S/C19H25BFN3O2/c1-18(2)19(3,4)26-20(25-18)13-7-5-12(6-8-13)16-11-23-17(24-16)15-9-14(21)10-22-15/h5-8,11,14-15,22H,9-10H2,1-4H3,(H,23,24)/t14-,15-/m0/s1. The summed E-state index contributed by atoms with van der Waals surface area (Å²) in [5.41, 5.74) is 2.24. The lowest BCUT2D eigenvalue weighted by atomic mass is 9.79. The summed E-state index contributed by atoms with van der Waals surface area (Å²) in [6.45, 7) is 8.58. The second kappa shape index (κ2) is 6.18. The summed E-state index contributed by atoms with van der Waals surface area (Å²) in [7, 11) is -0.365. The van der Waals surface area contributed by atoms with Gasteiger partial charge in [-0.05, 0) is 38.7 Å². The highest BCUT2D eigenvalue weighted by Gasteiger charge is 2.51. The Morgan fingerprint density at radius 1 is 1.12 bits per heavy atom. The van der Waals surface area contributed by atoms with E-state index in [2.05, 4.69) is 15.3 Å². The predicted molar refractivity (Wildman–Crippen MR) is 100.0 cm³/mol. The fourth-order valence-electron chi connectivity index (χ4n) is 3.36. The van der Waals surface area contributed by atoms with Gasteiger partial charge in [0.1, 0.15) is 12.0 Å². The lowest BCUT2D eigenvalue weighted by Crippen LogP contribution is -2.41. The molecule has 2 saturated heterocycles. The van der Waals surface area contributed by atoms with E-state index < -0.39 is 6.17 Å². The van der Waals surface area contributed by atoms with Crippen molar-refractivity contribution in [3.8, 4) is 11.3 Å². The molecule has 0 aliphatic carbocycles. The van der Waals surface area contributed by atoms with Gasteiger partial charge in [0.15, 0.2) is 0 Å². The van der Waals surface area contributed by atoms with Gasteiger partial charge in [-0.25, -0.2) is 9.37 Å². The van der Waals surface area contributed by atoms with Gasteiger partial charge < -0.3 is 19.6 Å². The number of benzene rings is 1. The van der Waals surface area contributed by atoms with Crippen LogP contribution in [0.25, 0.3) is 11.3 Å². The van der Waals surface area contributed by atoms with Gasteiger partial charge in [-0.15, -0.1) is 0 Å². The van der Waals surface area contributed by atoms with Gasteiger partial charge in [0.25, 0.3) is 0 Å². The van der Waals surface area contributed by atoms with Gasteiger partial charge in [-0.1, -0.05) is 24.3 Å². The molecule has 7 heteroatoms. The first-order chi connectivity index (χ1) is 12.2. The van der Waals surface area contributed by atoms with Crippen LogP contribution in [-0.2, 0) is 9.31 Å². The molecule has 5 nitrogen and oxygen atoms in total. The largest absolute Gasteiger partial charge is 0.494 e. The number of nitrogens with one attached hydrogen (secondary N) is 2. The van der Waals surface area contributed by atoms with Crippen molar-refractivity contribution >= 4 is 12.6 Å². The third-order valence-corrected chi connectivity index (χ3v) is 5.75. The van der Waals surface area contributed by atoms with Crippen molar-refractivity contribution in [2.24, 2.45) is 0 Å². The second-order valence-corrected chi connectivity index (χ2v) is 8.19. The second-order valence-electron chi connectivity index (χ2n) is 8.19. The van der Waals surface area contributed by atoms with Crippen LogP contribution in [0.5, 0.6) is 0 Å². The first-order valence-electron chi connectivity index (χ1n) is 9.13. The molecule has 3 heterocycles. The van der Waals surface area contributed by atoms with Crippen molar-refractivity contribution in [1.29, 1.82) is 0 Å². The van der Waals surface area contributed by atoms with Crippen LogP contribution in [-0.4, -0.2) is 41.0 Å². The van der Waals surface area contributed by atoms with E-state index in [9.17, 15) is 4.39 Å². The molecule has 2 fully saturated rings. The highest BCUT2D eigenvalue weighted by atomic mass is 19.1.